The lowest BCUT2D eigenvalue weighted by Gasteiger charge is -2.28. The summed E-state index contributed by atoms with van der Waals surface area (Å²) in [6, 6.07) is 11.0. The Hall–Kier alpha value is -1.59. The van der Waals surface area contributed by atoms with E-state index in [0.717, 1.165) is 10.5 Å². The van der Waals surface area contributed by atoms with Gasteiger partial charge in [-0.15, -0.1) is 0 Å². The van der Waals surface area contributed by atoms with Gasteiger partial charge in [-0.25, -0.2) is 9.18 Å². The number of halogens is 3. The number of hydrogen-bond donors (Lipinski definition) is 2. The summed E-state index contributed by atoms with van der Waals surface area (Å²) in [4.78, 5) is 11.7. The van der Waals surface area contributed by atoms with Crippen molar-refractivity contribution < 1.29 is 14.3 Å². The maximum atomic E-state index is 13.3. The Balaban J connectivity index is 2.48. The molecule has 0 spiro atoms. The van der Waals surface area contributed by atoms with Crippen LogP contribution in [0.1, 0.15) is 12.5 Å². The average Bonchev–Trinajstić information content (AvgIpc) is 2.44. The van der Waals surface area contributed by atoms with Crippen molar-refractivity contribution in [2.75, 3.05) is 5.32 Å². The summed E-state index contributed by atoms with van der Waals surface area (Å²) in [6.45, 7) is 1.50. The summed E-state index contributed by atoms with van der Waals surface area (Å²) < 4.78 is 14.0. The number of carbonyl (C=O) groups is 1. The summed E-state index contributed by atoms with van der Waals surface area (Å²) >= 11 is 9.11. The second-order valence-electron chi connectivity index (χ2n) is 4.66. The predicted molar refractivity (Wildman–Crippen MR) is 84.2 cm³/mol. The summed E-state index contributed by atoms with van der Waals surface area (Å²) in [5.74, 6) is -1.69. The third-order valence-electron chi connectivity index (χ3n) is 3.18. The van der Waals surface area contributed by atoms with E-state index in [9.17, 15) is 14.3 Å². The number of carboxylic acids is 1. The van der Waals surface area contributed by atoms with E-state index >= 15 is 0 Å². The first-order chi connectivity index (χ1) is 9.84. The highest BCUT2D eigenvalue weighted by Crippen LogP contribution is 2.32. The minimum atomic E-state index is -1.44. The van der Waals surface area contributed by atoms with Crippen molar-refractivity contribution in [1.29, 1.82) is 0 Å². The van der Waals surface area contributed by atoms with Gasteiger partial charge >= 0.3 is 5.97 Å². The summed E-state index contributed by atoms with van der Waals surface area (Å²) in [7, 11) is 0. The van der Waals surface area contributed by atoms with Gasteiger partial charge < -0.3 is 10.4 Å². The highest BCUT2D eigenvalue weighted by molar-refractivity contribution is 9.10. The minimum absolute atomic E-state index is 0.117. The number of hydrogen-bond acceptors (Lipinski definition) is 2. The molecule has 0 aliphatic heterocycles. The molecule has 3 nitrogen and oxygen atoms in total. The van der Waals surface area contributed by atoms with E-state index < -0.39 is 17.3 Å². The molecule has 0 saturated heterocycles. The number of carboxylic acid groups (broad SMARTS) is 1. The van der Waals surface area contributed by atoms with Crippen LogP contribution in [-0.4, -0.2) is 11.1 Å². The molecule has 0 radical (unpaired) electrons. The van der Waals surface area contributed by atoms with Gasteiger partial charge in [-0.05, 0) is 52.7 Å². The topological polar surface area (TPSA) is 49.3 Å². The van der Waals surface area contributed by atoms with Gasteiger partial charge in [0.2, 0.25) is 0 Å². The van der Waals surface area contributed by atoms with Crippen LogP contribution in [0.5, 0.6) is 0 Å². The number of aliphatic carboxylic acids is 1. The zero-order valence-corrected chi connectivity index (χ0v) is 13.4. The first-order valence-electron chi connectivity index (χ1n) is 6.06. The number of para-hydroxylation sites is 1. The van der Waals surface area contributed by atoms with Crippen molar-refractivity contribution >= 4 is 39.2 Å². The summed E-state index contributed by atoms with van der Waals surface area (Å²) in [5, 5.41) is 12.4. The molecule has 110 valence electrons. The van der Waals surface area contributed by atoms with Gasteiger partial charge in [0.25, 0.3) is 0 Å². The lowest BCUT2D eigenvalue weighted by molar-refractivity contribution is -0.142. The van der Waals surface area contributed by atoms with Crippen LogP contribution in [0, 0.1) is 5.82 Å². The van der Waals surface area contributed by atoms with Crippen LogP contribution < -0.4 is 5.32 Å². The lowest BCUT2D eigenvalue weighted by atomic mass is 9.91. The van der Waals surface area contributed by atoms with E-state index in [1.165, 1.54) is 19.1 Å². The van der Waals surface area contributed by atoms with Crippen molar-refractivity contribution in [1.82, 2.24) is 0 Å². The Kier molecular flexibility index (Phi) is 4.54. The van der Waals surface area contributed by atoms with Crippen LogP contribution >= 0.6 is 27.5 Å². The zero-order chi connectivity index (χ0) is 15.6. The van der Waals surface area contributed by atoms with Crippen LogP contribution in [0.4, 0.5) is 10.1 Å². The molecular formula is C15H12BrClFNO2. The van der Waals surface area contributed by atoms with Gasteiger partial charge in [0.05, 0.1) is 5.02 Å². The van der Waals surface area contributed by atoms with E-state index in [0.29, 0.717) is 11.3 Å². The molecule has 0 bridgehead atoms. The van der Waals surface area contributed by atoms with E-state index in [2.05, 4.69) is 21.2 Å². The minimum Gasteiger partial charge on any atom is -0.479 e. The van der Waals surface area contributed by atoms with Crippen molar-refractivity contribution in [2.24, 2.45) is 0 Å². The van der Waals surface area contributed by atoms with Crippen LogP contribution in [-0.2, 0) is 10.3 Å². The van der Waals surface area contributed by atoms with Crippen molar-refractivity contribution in [3.05, 3.63) is 63.3 Å². The fourth-order valence-corrected chi connectivity index (χ4v) is 2.45. The molecule has 2 aromatic rings. The molecule has 0 amide bonds. The molecule has 1 atom stereocenters. The monoisotopic (exact) mass is 371 g/mol. The molecule has 0 aromatic heterocycles. The molecule has 0 saturated carbocycles. The van der Waals surface area contributed by atoms with E-state index in [1.807, 2.05) is 6.07 Å². The lowest BCUT2D eigenvalue weighted by Crippen LogP contribution is -2.40. The summed E-state index contributed by atoms with van der Waals surface area (Å²) in [6.07, 6.45) is 0. The molecule has 0 fully saturated rings. The second kappa shape index (κ2) is 6.03. The first-order valence-corrected chi connectivity index (χ1v) is 7.23. The fourth-order valence-electron chi connectivity index (χ4n) is 1.89. The molecule has 0 heterocycles. The highest BCUT2D eigenvalue weighted by atomic mass is 79.9. The van der Waals surface area contributed by atoms with Crippen LogP contribution in [0.3, 0.4) is 0 Å². The normalized spacial score (nSPS) is 13.5. The van der Waals surface area contributed by atoms with Gasteiger partial charge in [-0.2, -0.15) is 0 Å². The summed E-state index contributed by atoms with van der Waals surface area (Å²) in [5.41, 5.74) is -0.471. The van der Waals surface area contributed by atoms with Gasteiger partial charge in [0.15, 0.2) is 5.54 Å². The third-order valence-corrected chi connectivity index (χ3v) is 4.16. The van der Waals surface area contributed by atoms with E-state index in [1.54, 1.807) is 18.2 Å². The molecule has 0 aliphatic carbocycles. The Morgan fingerprint density at radius 3 is 2.57 bits per heavy atom. The van der Waals surface area contributed by atoms with Crippen molar-refractivity contribution in [2.45, 2.75) is 12.5 Å². The highest BCUT2D eigenvalue weighted by Gasteiger charge is 2.36. The first kappa shape index (κ1) is 15.8. The third kappa shape index (κ3) is 3.19. The van der Waals surface area contributed by atoms with E-state index in [4.69, 9.17) is 11.6 Å². The Bertz CT molecular complexity index is 695. The predicted octanol–water partition coefficient (Wildman–Crippen LogP) is 4.65. The SMILES string of the molecule is CC(Nc1ccccc1Br)(C(=O)O)c1ccc(F)c(Cl)c1. The molecule has 2 aromatic carbocycles. The standard InChI is InChI=1S/C15H12BrClFNO2/c1-15(14(20)21,9-6-7-12(18)11(17)8-9)19-13-5-3-2-4-10(13)16/h2-8,19H,1H3,(H,20,21). The molecule has 2 rings (SSSR count). The second-order valence-corrected chi connectivity index (χ2v) is 5.93. The van der Waals surface area contributed by atoms with Crippen LogP contribution in [0.2, 0.25) is 5.02 Å². The zero-order valence-electron chi connectivity index (χ0n) is 11.0. The average molecular weight is 373 g/mol. The van der Waals surface area contributed by atoms with Crippen molar-refractivity contribution in [3.63, 3.8) is 0 Å². The van der Waals surface area contributed by atoms with Gasteiger partial charge in [-0.3, -0.25) is 0 Å². The smallest absolute Gasteiger partial charge is 0.333 e. The molecule has 1 unspecified atom stereocenters. The maximum Gasteiger partial charge on any atom is 0.333 e. The Morgan fingerprint density at radius 1 is 1.33 bits per heavy atom. The van der Waals surface area contributed by atoms with Crippen LogP contribution in [0.15, 0.2) is 46.9 Å². The van der Waals surface area contributed by atoms with Crippen LogP contribution in [0.25, 0.3) is 0 Å². The molecule has 2 N–H and O–H groups in total. The molecule has 0 aliphatic rings. The number of anilines is 1. The van der Waals surface area contributed by atoms with E-state index in [-0.39, 0.29) is 5.02 Å². The fraction of sp³-hybridized carbons (Fsp3) is 0.133. The number of rotatable bonds is 4. The van der Waals surface area contributed by atoms with Gasteiger partial charge in [0.1, 0.15) is 5.82 Å². The Labute approximate surface area is 134 Å². The number of benzene rings is 2. The molecular weight excluding hydrogens is 361 g/mol. The largest absolute Gasteiger partial charge is 0.479 e. The molecule has 6 heteroatoms. The number of nitrogens with one attached hydrogen (secondary N) is 1. The Morgan fingerprint density at radius 2 is 2.00 bits per heavy atom. The molecule has 21 heavy (non-hydrogen) atoms. The van der Waals surface area contributed by atoms with Crippen molar-refractivity contribution in [3.8, 4) is 0 Å². The maximum absolute atomic E-state index is 13.3. The quantitative estimate of drug-likeness (QED) is 0.821. The van der Waals surface area contributed by atoms with Gasteiger partial charge in [-0.1, -0.05) is 29.8 Å². The van der Waals surface area contributed by atoms with Gasteiger partial charge in [0, 0.05) is 10.2 Å².